The molecule has 0 aliphatic heterocycles. The minimum absolute atomic E-state index is 0.347. The van der Waals surface area contributed by atoms with Crippen molar-refractivity contribution in [1.29, 1.82) is 0 Å². The summed E-state index contributed by atoms with van der Waals surface area (Å²) in [5.74, 6) is -0.737. The second kappa shape index (κ2) is 3.07. The van der Waals surface area contributed by atoms with E-state index in [1.165, 1.54) is 12.1 Å². The Morgan fingerprint density at radius 2 is 2.08 bits per heavy atom. The minimum atomic E-state index is -0.784. The molecule has 1 aromatic rings. The lowest BCUT2D eigenvalue weighted by atomic mass is 10.1. The molecule has 1 nitrogen and oxygen atoms in total. The molecule has 70 valence electrons. The Bertz CT molecular complexity index is 325. The molecule has 1 aliphatic carbocycles. The van der Waals surface area contributed by atoms with Crippen LogP contribution in [0.3, 0.4) is 0 Å². The van der Waals surface area contributed by atoms with Crippen molar-refractivity contribution >= 4 is 0 Å². The summed E-state index contributed by atoms with van der Waals surface area (Å²) in [6, 6.07) is 4.09. The van der Waals surface area contributed by atoms with Crippen molar-refractivity contribution in [3.05, 3.63) is 35.4 Å². The van der Waals surface area contributed by atoms with E-state index in [1.807, 2.05) is 0 Å². The fraction of sp³-hybridized carbons (Fsp3) is 0.400. The molecule has 2 rings (SSSR count). The number of hydrogen-bond donors (Lipinski definition) is 1. The third-order valence-corrected chi connectivity index (χ3v) is 2.60. The van der Waals surface area contributed by atoms with E-state index >= 15 is 0 Å². The molecule has 13 heavy (non-hydrogen) atoms. The summed E-state index contributed by atoms with van der Waals surface area (Å²) in [4.78, 5) is 0. The van der Waals surface area contributed by atoms with Crippen LogP contribution < -0.4 is 5.73 Å². The maximum absolute atomic E-state index is 12.8. The fourth-order valence-electron chi connectivity index (χ4n) is 1.66. The summed E-state index contributed by atoms with van der Waals surface area (Å²) in [6.45, 7) is 0.629. The van der Waals surface area contributed by atoms with E-state index < -0.39 is 11.6 Å². The Hall–Kier alpha value is -0.960. The summed E-state index contributed by atoms with van der Waals surface area (Å²) >= 11 is 0. The van der Waals surface area contributed by atoms with Crippen molar-refractivity contribution < 1.29 is 8.78 Å². The average Bonchev–Trinajstić information content (AvgIpc) is 2.88. The van der Waals surface area contributed by atoms with E-state index in [1.54, 1.807) is 6.07 Å². The molecule has 3 heteroatoms. The number of hydrogen-bond acceptors (Lipinski definition) is 1. The van der Waals surface area contributed by atoms with Crippen molar-refractivity contribution in [3.63, 3.8) is 0 Å². The topological polar surface area (TPSA) is 26.0 Å². The van der Waals surface area contributed by atoms with E-state index in [2.05, 4.69) is 0 Å². The van der Waals surface area contributed by atoms with Crippen LogP contribution in [0, 0.1) is 17.6 Å². The van der Waals surface area contributed by atoms with Crippen LogP contribution in [-0.2, 0) is 0 Å². The molecule has 0 bridgehead atoms. The molecular formula is C10H11F2N. The highest BCUT2D eigenvalue weighted by Gasteiger charge is 2.37. The fourth-order valence-corrected chi connectivity index (χ4v) is 1.66. The third-order valence-electron chi connectivity index (χ3n) is 2.60. The summed E-state index contributed by atoms with van der Waals surface area (Å²) in [6.07, 6.45) is 1.00. The predicted octanol–water partition coefficient (Wildman–Crippen LogP) is 2.03. The van der Waals surface area contributed by atoms with Gasteiger partial charge in [0, 0.05) is 0 Å². The Morgan fingerprint density at radius 3 is 2.62 bits per heavy atom. The van der Waals surface area contributed by atoms with Crippen LogP contribution in [-0.4, -0.2) is 6.54 Å². The molecular weight excluding hydrogens is 172 g/mol. The van der Waals surface area contributed by atoms with Gasteiger partial charge in [0.2, 0.25) is 0 Å². The Morgan fingerprint density at radius 1 is 1.31 bits per heavy atom. The van der Waals surface area contributed by atoms with Crippen LogP contribution in [0.5, 0.6) is 0 Å². The normalized spacial score (nSPS) is 26.1. The predicted molar refractivity (Wildman–Crippen MR) is 46.3 cm³/mol. The number of rotatable bonds is 2. The summed E-state index contributed by atoms with van der Waals surface area (Å²) in [5, 5.41) is 0. The lowest BCUT2D eigenvalue weighted by Crippen LogP contribution is -2.02. The van der Waals surface area contributed by atoms with Crippen molar-refractivity contribution in [1.82, 2.24) is 0 Å². The highest BCUT2D eigenvalue weighted by Crippen LogP contribution is 2.46. The average molecular weight is 183 g/mol. The van der Waals surface area contributed by atoms with Gasteiger partial charge in [-0.25, -0.2) is 8.78 Å². The Kier molecular flexibility index (Phi) is 2.04. The molecule has 0 spiro atoms. The molecule has 0 aromatic heterocycles. The van der Waals surface area contributed by atoms with Crippen LogP contribution in [0.1, 0.15) is 17.9 Å². The van der Waals surface area contributed by atoms with Crippen LogP contribution in [0.4, 0.5) is 8.78 Å². The third kappa shape index (κ3) is 1.56. The first-order chi connectivity index (χ1) is 6.22. The van der Waals surface area contributed by atoms with Gasteiger partial charge in [0.15, 0.2) is 11.6 Å². The zero-order valence-corrected chi connectivity index (χ0v) is 7.13. The molecule has 0 radical (unpaired) electrons. The van der Waals surface area contributed by atoms with Gasteiger partial charge in [0.05, 0.1) is 0 Å². The lowest BCUT2D eigenvalue weighted by molar-refractivity contribution is 0.507. The lowest BCUT2D eigenvalue weighted by Gasteiger charge is -1.99. The Balaban J connectivity index is 2.19. The van der Waals surface area contributed by atoms with E-state index in [0.29, 0.717) is 18.4 Å². The summed E-state index contributed by atoms with van der Waals surface area (Å²) in [7, 11) is 0. The number of benzene rings is 1. The number of nitrogens with two attached hydrogens (primary N) is 1. The van der Waals surface area contributed by atoms with Gasteiger partial charge in [0.25, 0.3) is 0 Å². The standard InChI is InChI=1S/C10H11F2N/c11-9-2-1-6(4-10(9)12)8-3-7(8)5-13/h1-2,4,7-8H,3,5,13H2. The molecule has 0 amide bonds. The zero-order valence-electron chi connectivity index (χ0n) is 7.13. The van der Waals surface area contributed by atoms with E-state index in [4.69, 9.17) is 5.73 Å². The van der Waals surface area contributed by atoms with Gasteiger partial charge in [-0.05, 0) is 42.5 Å². The van der Waals surface area contributed by atoms with E-state index in [9.17, 15) is 8.78 Å². The minimum Gasteiger partial charge on any atom is -0.330 e. The van der Waals surface area contributed by atoms with Crippen molar-refractivity contribution in [2.45, 2.75) is 12.3 Å². The van der Waals surface area contributed by atoms with Crippen LogP contribution >= 0.6 is 0 Å². The summed E-state index contributed by atoms with van der Waals surface area (Å²) in [5.41, 5.74) is 6.33. The van der Waals surface area contributed by atoms with Gasteiger partial charge >= 0.3 is 0 Å². The van der Waals surface area contributed by atoms with Crippen LogP contribution in [0.15, 0.2) is 18.2 Å². The van der Waals surface area contributed by atoms with E-state index in [0.717, 1.165) is 12.0 Å². The smallest absolute Gasteiger partial charge is 0.159 e. The molecule has 1 fully saturated rings. The molecule has 1 saturated carbocycles. The summed E-state index contributed by atoms with van der Waals surface area (Å²) < 4.78 is 25.4. The molecule has 1 aromatic carbocycles. The van der Waals surface area contributed by atoms with Gasteiger partial charge < -0.3 is 5.73 Å². The first-order valence-electron chi connectivity index (χ1n) is 4.37. The van der Waals surface area contributed by atoms with Crippen molar-refractivity contribution in [2.75, 3.05) is 6.54 Å². The Labute approximate surface area is 75.6 Å². The van der Waals surface area contributed by atoms with Gasteiger partial charge in [0.1, 0.15) is 0 Å². The molecule has 0 saturated heterocycles. The van der Waals surface area contributed by atoms with Gasteiger partial charge in [-0.2, -0.15) is 0 Å². The quantitative estimate of drug-likeness (QED) is 0.745. The molecule has 2 atom stereocenters. The molecule has 0 heterocycles. The van der Waals surface area contributed by atoms with Crippen molar-refractivity contribution in [2.24, 2.45) is 11.7 Å². The molecule has 2 unspecified atom stereocenters. The highest BCUT2D eigenvalue weighted by molar-refractivity contribution is 5.27. The SMILES string of the molecule is NCC1CC1c1ccc(F)c(F)c1. The van der Waals surface area contributed by atoms with Gasteiger partial charge in [-0.3, -0.25) is 0 Å². The van der Waals surface area contributed by atoms with Crippen LogP contribution in [0.25, 0.3) is 0 Å². The highest BCUT2D eigenvalue weighted by atomic mass is 19.2. The first-order valence-corrected chi connectivity index (χ1v) is 4.37. The second-order valence-electron chi connectivity index (χ2n) is 3.51. The first kappa shape index (κ1) is 8.63. The maximum Gasteiger partial charge on any atom is 0.159 e. The molecule has 1 aliphatic rings. The van der Waals surface area contributed by atoms with Crippen molar-refractivity contribution in [3.8, 4) is 0 Å². The van der Waals surface area contributed by atoms with Gasteiger partial charge in [-0.15, -0.1) is 0 Å². The van der Waals surface area contributed by atoms with Crippen LogP contribution in [0.2, 0.25) is 0 Å². The molecule has 2 N–H and O–H groups in total. The van der Waals surface area contributed by atoms with Gasteiger partial charge in [-0.1, -0.05) is 6.07 Å². The van der Waals surface area contributed by atoms with E-state index in [-0.39, 0.29) is 0 Å². The number of halogens is 2. The second-order valence-corrected chi connectivity index (χ2v) is 3.51. The largest absolute Gasteiger partial charge is 0.330 e. The zero-order chi connectivity index (χ0) is 9.42. The maximum atomic E-state index is 12.8. The monoisotopic (exact) mass is 183 g/mol.